The van der Waals surface area contributed by atoms with Crippen molar-refractivity contribution >= 4 is 11.8 Å². The van der Waals surface area contributed by atoms with Gasteiger partial charge in [-0.2, -0.15) is 0 Å². The fourth-order valence-electron chi connectivity index (χ4n) is 2.75. The molecule has 0 spiro atoms. The molecule has 108 valence electrons. The summed E-state index contributed by atoms with van der Waals surface area (Å²) in [4.78, 5) is 23.6. The summed E-state index contributed by atoms with van der Waals surface area (Å²) >= 11 is 0. The summed E-state index contributed by atoms with van der Waals surface area (Å²) in [7, 11) is 1.36. The van der Waals surface area contributed by atoms with Gasteiger partial charge in [0.25, 0.3) is 0 Å². The summed E-state index contributed by atoms with van der Waals surface area (Å²) in [5.41, 5.74) is -0.903. The molecule has 0 aliphatic heterocycles. The third-order valence-electron chi connectivity index (χ3n) is 3.92. The van der Waals surface area contributed by atoms with Crippen molar-refractivity contribution in [2.24, 2.45) is 5.41 Å². The van der Waals surface area contributed by atoms with Gasteiger partial charge in [0.2, 0.25) is 0 Å². The summed E-state index contributed by atoms with van der Waals surface area (Å²) < 4.78 is 18.5. The Hall–Kier alpha value is -1.91. The fraction of sp³-hybridized carbons (Fsp3) is 0.467. The highest BCUT2D eigenvalue weighted by atomic mass is 19.1. The molecule has 5 heteroatoms. The average molecular weight is 280 g/mol. The van der Waals surface area contributed by atoms with Crippen LogP contribution < -0.4 is 4.74 Å². The van der Waals surface area contributed by atoms with Crippen molar-refractivity contribution < 1.29 is 23.8 Å². The number of carbonyl (C=O) groups excluding carboxylic acids is 1. The number of carboxylic acid groups (broad SMARTS) is 1. The quantitative estimate of drug-likeness (QED) is 0.861. The van der Waals surface area contributed by atoms with E-state index in [1.54, 1.807) is 6.07 Å². The molecule has 2 rings (SSSR count). The second-order valence-corrected chi connectivity index (χ2v) is 5.16. The van der Waals surface area contributed by atoms with Gasteiger partial charge in [-0.15, -0.1) is 0 Å². The van der Waals surface area contributed by atoms with E-state index in [1.807, 2.05) is 0 Å². The van der Waals surface area contributed by atoms with Crippen LogP contribution in [0, 0.1) is 11.2 Å². The van der Waals surface area contributed by atoms with Gasteiger partial charge < -0.3 is 9.84 Å². The van der Waals surface area contributed by atoms with Crippen molar-refractivity contribution in [1.29, 1.82) is 0 Å². The van der Waals surface area contributed by atoms with Crippen molar-refractivity contribution in [1.82, 2.24) is 0 Å². The number of Topliss-reactive ketones (excluding diaryl/α,β-unsaturated/α-hetero) is 1. The molecule has 0 saturated heterocycles. The van der Waals surface area contributed by atoms with Gasteiger partial charge in [-0.05, 0) is 37.0 Å². The van der Waals surface area contributed by atoms with E-state index in [2.05, 4.69) is 0 Å². The fourth-order valence-corrected chi connectivity index (χ4v) is 2.75. The van der Waals surface area contributed by atoms with Gasteiger partial charge in [-0.25, -0.2) is 4.39 Å². The minimum absolute atomic E-state index is 0.0298. The molecule has 0 radical (unpaired) electrons. The third kappa shape index (κ3) is 2.53. The molecular formula is C15H17FO4. The van der Waals surface area contributed by atoms with Gasteiger partial charge in [0.05, 0.1) is 7.11 Å². The summed E-state index contributed by atoms with van der Waals surface area (Å²) in [5.74, 6) is -1.81. The minimum atomic E-state index is -1.40. The lowest BCUT2D eigenvalue weighted by molar-refractivity contribution is -0.157. The van der Waals surface area contributed by atoms with E-state index in [4.69, 9.17) is 4.74 Å². The Bertz CT molecular complexity index is 541. The molecule has 1 aromatic rings. The summed E-state index contributed by atoms with van der Waals surface area (Å²) in [6.07, 6.45) is 2.06. The van der Waals surface area contributed by atoms with Crippen LogP contribution in [-0.4, -0.2) is 24.0 Å². The highest BCUT2D eigenvalue weighted by Gasteiger charge is 2.46. The Morgan fingerprint density at radius 2 is 2.20 bits per heavy atom. The number of hydrogen-bond donors (Lipinski definition) is 1. The van der Waals surface area contributed by atoms with Crippen molar-refractivity contribution in [3.63, 3.8) is 0 Å². The standard InChI is InChI=1S/C15H17FO4/c1-20-12-6-5-10(8-11(12)16)9-15(14(18)19)7-3-2-4-13(15)17/h5-6,8H,2-4,7,9H2,1H3,(H,18,19). The van der Waals surface area contributed by atoms with Crippen LogP contribution in [0.3, 0.4) is 0 Å². The van der Waals surface area contributed by atoms with Crippen molar-refractivity contribution in [2.45, 2.75) is 32.1 Å². The highest BCUT2D eigenvalue weighted by molar-refractivity contribution is 6.03. The molecule has 1 aliphatic rings. The number of carbonyl (C=O) groups is 2. The topological polar surface area (TPSA) is 63.6 Å². The van der Waals surface area contributed by atoms with Crippen molar-refractivity contribution in [2.75, 3.05) is 7.11 Å². The lowest BCUT2D eigenvalue weighted by Gasteiger charge is -2.31. The van der Waals surface area contributed by atoms with E-state index < -0.39 is 17.2 Å². The molecule has 20 heavy (non-hydrogen) atoms. The Morgan fingerprint density at radius 3 is 2.75 bits per heavy atom. The number of ether oxygens (including phenoxy) is 1. The van der Waals surface area contributed by atoms with Crippen LogP contribution >= 0.6 is 0 Å². The summed E-state index contributed by atoms with van der Waals surface area (Å²) in [5, 5.41) is 9.45. The van der Waals surface area contributed by atoms with E-state index >= 15 is 0 Å². The van der Waals surface area contributed by atoms with Gasteiger partial charge >= 0.3 is 5.97 Å². The Labute approximate surface area is 116 Å². The van der Waals surface area contributed by atoms with Crippen molar-refractivity contribution in [3.05, 3.63) is 29.6 Å². The molecule has 1 N–H and O–H groups in total. The molecule has 1 fully saturated rings. The van der Waals surface area contributed by atoms with Crippen LogP contribution in [0.25, 0.3) is 0 Å². The zero-order chi connectivity index (χ0) is 14.8. The van der Waals surface area contributed by atoms with E-state index in [0.29, 0.717) is 18.4 Å². The normalized spacial score (nSPS) is 22.6. The second kappa shape index (κ2) is 5.61. The molecule has 0 bridgehead atoms. The first-order valence-electron chi connectivity index (χ1n) is 6.59. The van der Waals surface area contributed by atoms with Gasteiger partial charge in [-0.3, -0.25) is 9.59 Å². The van der Waals surface area contributed by atoms with Crippen molar-refractivity contribution in [3.8, 4) is 5.75 Å². The molecular weight excluding hydrogens is 263 g/mol. The first kappa shape index (κ1) is 14.5. The number of rotatable bonds is 4. The van der Waals surface area contributed by atoms with E-state index in [-0.39, 0.29) is 24.4 Å². The molecule has 0 amide bonds. The van der Waals surface area contributed by atoms with Crippen LogP contribution in [-0.2, 0) is 16.0 Å². The Kier molecular flexibility index (Phi) is 4.06. The lowest BCUT2D eigenvalue weighted by Crippen LogP contribution is -2.43. The van der Waals surface area contributed by atoms with E-state index in [9.17, 15) is 19.1 Å². The lowest BCUT2D eigenvalue weighted by atomic mass is 9.69. The zero-order valence-electron chi connectivity index (χ0n) is 11.3. The minimum Gasteiger partial charge on any atom is -0.494 e. The highest BCUT2D eigenvalue weighted by Crippen LogP contribution is 2.37. The van der Waals surface area contributed by atoms with Gasteiger partial charge in [0.15, 0.2) is 17.3 Å². The molecule has 1 saturated carbocycles. The molecule has 0 aromatic heterocycles. The predicted molar refractivity (Wildman–Crippen MR) is 70.2 cm³/mol. The van der Waals surface area contributed by atoms with Crippen LogP contribution in [0.1, 0.15) is 31.2 Å². The molecule has 1 unspecified atom stereocenters. The largest absolute Gasteiger partial charge is 0.494 e. The number of methoxy groups -OCH3 is 1. The number of benzene rings is 1. The maximum atomic E-state index is 13.7. The number of aliphatic carboxylic acids is 1. The van der Waals surface area contributed by atoms with Crippen LogP contribution in [0.4, 0.5) is 4.39 Å². The zero-order valence-corrected chi connectivity index (χ0v) is 11.3. The monoisotopic (exact) mass is 280 g/mol. The van der Waals surface area contributed by atoms with Crippen LogP contribution in [0.2, 0.25) is 0 Å². The molecule has 1 aromatic carbocycles. The van der Waals surface area contributed by atoms with Gasteiger partial charge in [0.1, 0.15) is 5.41 Å². The molecule has 1 aliphatic carbocycles. The maximum absolute atomic E-state index is 13.7. The number of halogens is 1. The van der Waals surface area contributed by atoms with Crippen LogP contribution in [0.5, 0.6) is 5.75 Å². The molecule has 0 heterocycles. The Morgan fingerprint density at radius 1 is 1.45 bits per heavy atom. The predicted octanol–water partition coefficient (Wildman–Crippen LogP) is 2.59. The van der Waals surface area contributed by atoms with E-state index in [0.717, 1.165) is 6.42 Å². The van der Waals surface area contributed by atoms with Crippen LogP contribution in [0.15, 0.2) is 18.2 Å². The number of hydrogen-bond acceptors (Lipinski definition) is 3. The molecule has 4 nitrogen and oxygen atoms in total. The number of ketones is 1. The Balaban J connectivity index is 2.31. The van der Waals surface area contributed by atoms with E-state index in [1.165, 1.54) is 19.2 Å². The van der Waals surface area contributed by atoms with Gasteiger partial charge in [-0.1, -0.05) is 12.5 Å². The first-order chi connectivity index (χ1) is 9.49. The number of carboxylic acids is 1. The third-order valence-corrected chi connectivity index (χ3v) is 3.92. The smallest absolute Gasteiger partial charge is 0.317 e. The maximum Gasteiger partial charge on any atom is 0.317 e. The summed E-state index contributed by atoms with van der Waals surface area (Å²) in [6, 6.07) is 4.30. The first-order valence-corrected chi connectivity index (χ1v) is 6.59. The SMILES string of the molecule is COc1ccc(CC2(C(=O)O)CCCCC2=O)cc1F. The summed E-state index contributed by atoms with van der Waals surface area (Å²) in [6.45, 7) is 0. The van der Waals surface area contributed by atoms with Gasteiger partial charge in [0, 0.05) is 6.42 Å². The second-order valence-electron chi connectivity index (χ2n) is 5.16. The molecule has 1 atom stereocenters. The average Bonchev–Trinajstić information content (AvgIpc) is 2.41.